The van der Waals surface area contributed by atoms with Gasteiger partial charge in [-0.05, 0) is 62.6 Å². The van der Waals surface area contributed by atoms with Gasteiger partial charge < -0.3 is 36.1 Å². The number of carbonyl (C=O) groups excluding carboxylic acids is 4. The third-order valence-corrected chi connectivity index (χ3v) is 9.69. The molecule has 2 aliphatic carbocycles. The van der Waals surface area contributed by atoms with Gasteiger partial charge >= 0.3 is 0 Å². The summed E-state index contributed by atoms with van der Waals surface area (Å²) in [6, 6.07) is 4.12. The molecule has 42 heavy (non-hydrogen) atoms. The summed E-state index contributed by atoms with van der Waals surface area (Å²) in [7, 11) is 1.51. The van der Waals surface area contributed by atoms with E-state index in [-0.39, 0.29) is 31.1 Å². The topological polar surface area (TPSA) is 181 Å². The first-order valence-corrected chi connectivity index (χ1v) is 15.0. The van der Waals surface area contributed by atoms with Crippen molar-refractivity contribution in [3.8, 4) is 5.75 Å². The monoisotopic (exact) mass is 587 g/mol. The number of methoxy groups -OCH3 is 1. The minimum absolute atomic E-state index is 0.228. The minimum Gasteiger partial charge on any atom is -0.497 e. The first kappa shape index (κ1) is 31.9. The summed E-state index contributed by atoms with van der Waals surface area (Å²) in [5.41, 5.74) is 3.98. The highest BCUT2D eigenvalue weighted by molar-refractivity contribution is 5.98. The zero-order valence-corrected chi connectivity index (χ0v) is 24.8. The molecule has 5 atom stereocenters. The van der Waals surface area contributed by atoms with Gasteiger partial charge in [0.1, 0.15) is 23.5 Å². The largest absolute Gasteiger partial charge is 0.497 e. The van der Waals surface area contributed by atoms with Crippen LogP contribution in [0.5, 0.6) is 5.75 Å². The van der Waals surface area contributed by atoms with Crippen molar-refractivity contribution in [2.75, 3.05) is 13.7 Å². The molecule has 2 saturated carbocycles. The molecule has 0 aromatic heterocycles. The lowest BCUT2D eigenvalue weighted by Gasteiger charge is -2.40. The first-order valence-electron chi connectivity index (χ1n) is 15.0. The van der Waals surface area contributed by atoms with Crippen molar-refractivity contribution in [1.82, 2.24) is 10.6 Å². The smallest absolute Gasteiger partial charge is 0.246 e. The molecule has 0 radical (unpaired) electrons. The third kappa shape index (κ3) is 6.95. The average Bonchev–Trinajstić information content (AvgIpc) is 3.52. The van der Waals surface area contributed by atoms with Crippen LogP contribution < -0.4 is 21.1 Å². The molecule has 1 aromatic rings. The number of aliphatic hydroxyl groups is 2. The van der Waals surface area contributed by atoms with E-state index < -0.39 is 58.9 Å². The Morgan fingerprint density at radius 3 is 2.17 bits per heavy atom. The van der Waals surface area contributed by atoms with Gasteiger partial charge in [-0.1, -0.05) is 44.7 Å². The molecule has 232 valence electrons. The van der Waals surface area contributed by atoms with Crippen LogP contribution in [0, 0.1) is 17.3 Å². The van der Waals surface area contributed by atoms with Crippen LogP contribution in [0.4, 0.5) is 0 Å². The van der Waals surface area contributed by atoms with Crippen LogP contribution in [-0.2, 0) is 23.9 Å². The lowest BCUT2D eigenvalue weighted by molar-refractivity contribution is -0.145. The quantitative estimate of drug-likeness (QED) is 0.216. The summed E-state index contributed by atoms with van der Waals surface area (Å²) >= 11 is 0. The number of Topliss-reactive ketones (excluding diaryl/α,β-unsaturated/α-hetero) is 1. The molecule has 4 rings (SSSR count). The molecule has 0 spiro atoms. The highest BCUT2D eigenvalue weighted by Gasteiger charge is 2.51. The second-order valence-electron chi connectivity index (χ2n) is 12.5. The van der Waals surface area contributed by atoms with Gasteiger partial charge in [-0.15, -0.1) is 0 Å². The zero-order chi connectivity index (χ0) is 30.7. The second kappa shape index (κ2) is 13.1. The van der Waals surface area contributed by atoms with Crippen molar-refractivity contribution >= 4 is 23.5 Å². The van der Waals surface area contributed by atoms with Crippen LogP contribution >= 0.6 is 0 Å². The summed E-state index contributed by atoms with van der Waals surface area (Å²) in [6.07, 6.45) is 3.58. The van der Waals surface area contributed by atoms with Gasteiger partial charge in [-0.25, -0.2) is 0 Å². The number of hydrogen-bond donors (Lipinski definition) is 5. The Morgan fingerprint density at radius 2 is 1.64 bits per heavy atom. The van der Waals surface area contributed by atoms with E-state index >= 15 is 0 Å². The Kier molecular flexibility index (Phi) is 9.95. The Morgan fingerprint density at radius 1 is 1.05 bits per heavy atom. The second-order valence-corrected chi connectivity index (χ2v) is 12.5. The Labute approximate surface area is 246 Å². The maximum Gasteiger partial charge on any atom is 0.246 e. The van der Waals surface area contributed by atoms with E-state index in [1.807, 2.05) is 0 Å². The SMILES string of the molecule is COc1ccc([C@@H](O)[C@H](NC(=O)[C@H](C)C2(C(N)=O)CCC(O)CC2)C(=O)N[C@@H](CC2CCCC2)C(=O)[C@@]2(C)CO2)cc1. The fraction of sp³-hybridized carbons (Fsp3) is 0.677. The molecule has 0 unspecified atom stereocenters. The zero-order valence-electron chi connectivity index (χ0n) is 24.8. The molecule has 0 bridgehead atoms. The van der Waals surface area contributed by atoms with Gasteiger partial charge in [0.15, 0.2) is 5.78 Å². The number of benzene rings is 1. The van der Waals surface area contributed by atoms with E-state index in [0.29, 0.717) is 30.6 Å². The van der Waals surface area contributed by atoms with E-state index in [4.69, 9.17) is 15.2 Å². The predicted octanol–water partition coefficient (Wildman–Crippen LogP) is 1.68. The Balaban J connectivity index is 1.59. The maximum atomic E-state index is 13.9. The van der Waals surface area contributed by atoms with Crippen LogP contribution in [-0.4, -0.2) is 71.2 Å². The summed E-state index contributed by atoms with van der Waals surface area (Å²) in [5.74, 6) is -2.33. The predicted molar refractivity (Wildman–Crippen MR) is 153 cm³/mol. The number of ether oxygens (including phenoxy) is 2. The standard InChI is InChI=1S/C31H45N3O8/c1-18(31(29(32)40)14-12-21(35)13-15-31)27(38)34-24(25(36)20-8-10-22(41-3)11-9-20)28(39)33-23(16-19-6-4-5-7-19)26(37)30(2)17-42-30/h8-11,18-19,21,23-25,35-36H,4-7,12-17H2,1-3H3,(H2,32,40)(H,33,39)(H,34,38)/t18-,21?,23-,24-,25+,30+,31?/m0/s1. The van der Waals surface area contributed by atoms with Gasteiger partial charge in [0.2, 0.25) is 17.7 Å². The molecular formula is C31H45N3O8. The summed E-state index contributed by atoms with van der Waals surface area (Å²) < 4.78 is 10.6. The number of aliphatic hydroxyl groups excluding tert-OH is 2. The van der Waals surface area contributed by atoms with Crippen LogP contribution in [0.25, 0.3) is 0 Å². The fourth-order valence-electron chi connectivity index (χ4n) is 6.51. The van der Waals surface area contributed by atoms with Gasteiger partial charge in [0.25, 0.3) is 0 Å². The van der Waals surface area contributed by atoms with E-state index in [9.17, 15) is 29.4 Å². The minimum atomic E-state index is -1.47. The Bertz CT molecular complexity index is 1140. The third-order valence-electron chi connectivity index (χ3n) is 9.69. The van der Waals surface area contributed by atoms with Crippen molar-refractivity contribution in [2.45, 2.75) is 102 Å². The lowest BCUT2D eigenvalue weighted by atomic mass is 9.65. The molecular weight excluding hydrogens is 542 g/mol. The van der Waals surface area contributed by atoms with Crippen molar-refractivity contribution in [3.05, 3.63) is 29.8 Å². The lowest BCUT2D eigenvalue weighted by Crippen LogP contribution is -2.58. The van der Waals surface area contributed by atoms with Crippen LogP contribution in [0.2, 0.25) is 0 Å². The van der Waals surface area contributed by atoms with E-state index in [2.05, 4.69) is 10.6 Å². The molecule has 3 amide bonds. The number of epoxide rings is 1. The first-order chi connectivity index (χ1) is 19.9. The molecule has 11 nitrogen and oxygen atoms in total. The maximum absolute atomic E-state index is 13.9. The van der Waals surface area contributed by atoms with Gasteiger partial charge in [0.05, 0.1) is 31.3 Å². The number of carbonyl (C=O) groups is 4. The van der Waals surface area contributed by atoms with Crippen molar-refractivity contribution in [1.29, 1.82) is 0 Å². The van der Waals surface area contributed by atoms with Crippen LogP contribution in [0.3, 0.4) is 0 Å². The van der Waals surface area contributed by atoms with Crippen molar-refractivity contribution in [3.63, 3.8) is 0 Å². The molecule has 1 aliphatic heterocycles. The number of hydrogen-bond acceptors (Lipinski definition) is 8. The highest BCUT2D eigenvalue weighted by Crippen LogP contribution is 2.43. The number of primary amides is 1. The van der Waals surface area contributed by atoms with Gasteiger partial charge in [-0.2, -0.15) is 0 Å². The molecule has 1 aromatic carbocycles. The summed E-state index contributed by atoms with van der Waals surface area (Å²) in [5, 5.41) is 26.9. The van der Waals surface area contributed by atoms with Crippen LogP contribution in [0.1, 0.15) is 83.3 Å². The average molecular weight is 588 g/mol. The number of amides is 3. The Hall–Kier alpha value is -3.02. The highest BCUT2D eigenvalue weighted by atomic mass is 16.6. The molecule has 3 fully saturated rings. The number of nitrogens with two attached hydrogens (primary N) is 1. The normalized spacial score (nSPS) is 28.6. The summed E-state index contributed by atoms with van der Waals surface area (Å²) in [6.45, 7) is 3.55. The van der Waals surface area contributed by atoms with Crippen molar-refractivity contribution < 1.29 is 38.9 Å². The van der Waals surface area contributed by atoms with E-state index in [1.54, 1.807) is 38.1 Å². The molecule has 1 heterocycles. The van der Waals surface area contributed by atoms with Gasteiger partial charge in [0, 0.05) is 5.92 Å². The van der Waals surface area contributed by atoms with E-state index in [0.717, 1.165) is 25.7 Å². The summed E-state index contributed by atoms with van der Waals surface area (Å²) in [4.78, 5) is 53.6. The number of ketones is 1. The van der Waals surface area contributed by atoms with Crippen molar-refractivity contribution in [2.24, 2.45) is 23.0 Å². The van der Waals surface area contributed by atoms with E-state index in [1.165, 1.54) is 7.11 Å². The number of nitrogens with one attached hydrogen (secondary N) is 2. The fourth-order valence-corrected chi connectivity index (χ4v) is 6.51. The molecule has 6 N–H and O–H groups in total. The molecule has 3 aliphatic rings. The van der Waals surface area contributed by atoms with Gasteiger partial charge in [-0.3, -0.25) is 19.2 Å². The van der Waals surface area contributed by atoms with Crippen LogP contribution in [0.15, 0.2) is 24.3 Å². The molecule has 1 saturated heterocycles. The molecule has 11 heteroatoms. The number of rotatable bonds is 13.